The normalized spacial score (nSPS) is 11.0. The van der Waals surface area contributed by atoms with E-state index < -0.39 is 0 Å². The molecule has 21 heavy (non-hydrogen) atoms. The number of rotatable bonds is 5. The average Bonchev–Trinajstić information content (AvgIpc) is 2.91. The highest BCUT2D eigenvalue weighted by atomic mass is 19.1. The van der Waals surface area contributed by atoms with E-state index in [1.807, 2.05) is 0 Å². The molecule has 0 aliphatic heterocycles. The Balaban J connectivity index is 1.95. The molecule has 0 radical (unpaired) electrons. The highest BCUT2D eigenvalue weighted by molar-refractivity contribution is 5.81. The lowest BCUT2D eigenvalue weighted by Crippen LogP contribution is -2.08. The van der Waals surface area contributed by atoms with E-state index in [2.05, 4.69) is 25.6 Å². The second kappa shape index (κ2) is 5.80. The van der Waals surface area contributed by atoms with Crippen molar-refractivity contribution in [1.29, 1.82) is 0 Å². The SMILES string of the molecule is OCCNc1ncnc2c1nnn2Cc1ccccc1F. The number of aliphatic hydroxyl groups is 1. The number of hydrogen-bond acceptors (Lipinski definition) is 6. The van der Waals surface area contributed by atoms with E-state index in [1.54, 1.807) is 18.2 Å². The highest BCUT2D eigenvalue weighted by Crippen LogP contribution is 2.17. The Hall–Kier alpha value is -2.61. The Labute approximate surface area is 119 Å². The van der Waals surface area contributed by atoms with Crippen LogP contribution in [0.2, 0.25) is 0 Å². The van der Waals surface area contributed by atoms with Gasteiger partial charge in [0.25, 0.3) is 0 Å². The summed E-state index contributed by atoms with van der Waals surface area (Å²) in [6, 6.07) is 6.49. The molecule has 0 aliphatic carbocycles. The molecule has 7 nitrogen and oxygen atoms in total. The molecule has 3 rings (SSSR count). The fraction of sp³-hybridized carbons (Fsp3) is 0.231. The zero-order valence-electron chi connectivity index (χ0n) is 11.1. The molecule has 0 unspecified atom stereocenters. The molecule has 2 aromatic heterocycles. The van der Waals surface area contributed by atoms with Gasteiger partial charge in [0, 0.05) is 12.1 Å². The molecule has 0 atom stereocenters. The summed E-state index contributed by atoms with van der Waals surface area (Å²) in [7, 11) is 0. The number of aromatic nitrogens is 5. The zero-order valence-corrected chi connectivity index (χ0v) is 11.1. The van der Waals surface area contributed by atoms with Gasteiger partial charge in [-0.25, -0.2) is 19.0 Å². The van der Waals surface area contributed by atoms with Gasteiger partial charge >= 0.3 is 0 Å². The van der Waals surface area contributed by atoms with Crippen molar-refractivity contribution in [3.8, 4) is 0 Å². The van der Waals surface area contributed by atoms with Crippen molar-refractivity contribution in [2.75, 3.05) is 18.5 Å². The van der Waals surface area contributed by atoms with E-state index in [0.29, 0.717) is 29.1 Å². The van der Waals surface area contributed by atoms with Gasteiger partial charge in [-0.05, 0) is 6.07 Å². The number of halogens is 1. The van der Waals surface area contributed by atoms with Crippen LogP contribution in [0.5, 0.6) is 0 Å². The lowest BCUT2D eigenvalue weighted by Gasteiger charge is -2.05. The van der Waals surface area contributed by atoms with Crippen LogP contribution in [0.15, 0.2) is 30.6 Å². The van der Waals surface area contributed by atoms with Gasteiger partial charge in [-0.15, -0.1) is 5.10 Å². The first-order valence-corrected chi connectivity index (χ1v) is 6.42. The summed E-state index contributed by atoms with van der Waals surface area (Å²) in [5.74, 6) is 0.197. The lowest BCUT2D eigenvalue weighted by molar-refractivity contribution is 0.311. The molecule has 108 valence electrons. The molecule has 8 heteroatoms. The minimum atomic E-state index is -0.297. The van der Waals surface area contributed by atoms with Crippen LogP contribution in [0.3, 0.4) is 0 Å². The monoisotopic (exact) mass is 288 g/mol. The van der Waals surface area contributed by atoms with Gasteiger partial charge in [0.2, 0.25) is 0 Å². The highest BCUT2D eigenvalue weighted by Gasteiger charge is 2.12. The fourth-order valence-corrected chi connectivity index (χ4v) is 1.99. The third-order valence-corrected chi connectivity index (χ3v) is 2.98. The summed E-state index contributed by atoms with van der Waals surface area (Å²) < 4.78 is 15.2. The first kappa shape index (κ1) is 13.4. The predicted molar refractivity (Wildman–Crippen MR) is 74.2 cm³/mol. The Morgan fingerprint density at radius 2 is 2.10 bits per heavy atom. The van der Waals surface area contributed by atoms with Crippen molar-refractivity contribution in [2.45, 2.75) is 6.54 Å². The third kappa shape index (κ3) is 2.65. The van der Waals surface area contributed by atoms with Crippen LogP contribution in [0.25, 0.3) is 11.2 Å². The molecule has 2 N–H and O–H groups in total. The standard InChI is InChI=1S/C13H13FN6O/c14-10-4-2-1-3-9(10)7-20-13-11(18-19-20)12(15-5-6-21)16-8-17-13/h1-4,8,21H,5-7H2,(H,15,16,17). The summed E-state index contributed by atoms with van der Waals surface area (Å²) in [5, 5.41) is 19.8. The number of benzene rings is 1. The summed E-state index contributed by atoms with van der Waals surface area (Å²) in [6.07, 6.45) is 1.38. The summed E-state index contributed by atoms with van der Waals surface area (Å²) in [6.45, 7) is 0.570. The molecule has 0 fully saturated rings. The topological polar surface area (TPSA) is 88.8 Å². The van der Waals surface area contributed by atoms with Gasteiger partial charge in [-0.3, -0.25) is 0 Å². The smallest absolute Gasteiger partial charge is 0.184 e. The molecule has 3 aromatic rings. The first-order chi connectivity index (χ1) is 10.3. The maximum Gasteiger partial charge on any atom is 0.184 e. The van der Waals surface area contributed by atoms with Crippen LogP contribution in [0, 0.1) is 5.82 Å². The molecular formula is C13H13FN6O. The van der Waals surface area contributed by atoms with Crippen LogP contribution >= 0.6 is 0 Å². The van der Waals surface area contributed by atoms with Crippen molar-refractivity contribution < 1.29 is 9.50 Å². The van der Waals surface area contributed by atoms with Crippen molar-refractivity contribution in [2.24, 2.45) is 0 Å². The van der Waals surface area contributed by atoms with E-state index in [-0.39, 0.29) is 19.0 Å². The average molecular weight is 288 g/mol. The minimum absolute atomic E-state index is 0.0190. The van der Waals surface area contributed by atoms with E-state index in [1.165, 1.54) is 17.1 Å². The second-order valence-electron chi connectivity index (χ2n) is 4.38. The molecule has 0 saturated heterocycles. The number of aliphatic hydroxyl groups excluding tert-OH is 1. The van der Waals surface area contributed by atoms with Gasteiger partial charge in [-0.1, -0.05) is 23.4 Å². The summed E-state index contributed by atoms with van der Waals surface area (Å²) in [5.41, 5.74) is 1.50. The van der Waals surface area contributed by atoms with Crippen LogP contribution in [-0.2, 0) is 6.54 Å². The van der Waals surface area contributed by atoms with Crippen molar-refractivity contribution in [1.82, 2.24) is 25.0 Å². The Bertz CT molecular complexity index is 759. The minimum Gasteiger partial charge on any atom is -0.395 e. The van der Waals surface area contributed by atoms with E-state index in [9.17, 15) is 4.39 Å². The summed E-state index contributed by atoms with van der Waals surface area (Å²) in [4.78, 5) is 8.20. The Kier molecular flexibility index (Phi) is 3.69. The number of nitrogens with zero attached hydrogens (tertiary/aromatic N) is 5. The van der Waals surface area contributed by atoms with E-state index >= 15 is 0 Å². The third-order valence-electron chi connectivity index (χ3n) is 2.98. The van der Waals surface area contributed by atoms with Crippen molar-refractivity contribution in [3.05, 3.63) is 42.0 Å². The fourth-order valence-electron chi connectivity index (χ4n) is 1.99. The van der Waals surface area contributed by atoms with Gasteiger partial charge in [0.1, 0.15) is 12.1 Å². The van der Waals surface area contributed by atoms with Gasteiger partial charge < -0.3 is 10.4 Å². The first-order valence-electron chi connectivity index (χ1n) is 6.42. The van der Waals surface area contributed by atoms with Gasteiger partial charge in [-0.2, -0.15) is 0 Å². The van der Waals surface area contributed by atoms with Crippen LogP contribution in [0.4, 0.5) is 10.2 Å². The Morgan fingerprint density at radius 1 is 1.24 bits per heavy atom. The zero-order chi connectivity index (χ0) is 14.7. The molecule has 2 heterocycles. The molecule has 0 spiro atoms. The second-order valence-corrected chi connectivity index (χ2v) is 4.38. The molecule has 0 amide bonds. The van der Waals surface area contributed by atoms with E-state index in [4.69, 9.17) is 5.11 Å². The molecule has 1 aromatic carbocycles. The van der Waals surface area contributed by atoms with Crippen molar-refractivity contribution >= 4 is 17.0 Å². The van der Waals surface area contributed by atoms with E-state index in [0.717, 1.165) is 0 Å². The largest absolute Gasteiger partial charge is 0.395 e. The molecule has 0 bridgehead atoms. The van der Waals surface area contributed by atoms with Gasteiger partial charge in [0.15, 0.2) is 17.0 Å². The van der Waals surface area contributed by atoms with Crippen LogP contribution < -0.4 is 5.32 Å². The Morgan fingerprint density at radius 3 is 2.90 bits per heavy atom. The molecular weight excluding hydrogens is 275 g/mol. The molecule has 0 saturated carbocycles. The van der Waals surface area contributed by atoms with Crippen LogP contribution in [0.1, 0.15) is 5.56 Å². The van der Waals surface area contributed by atoms with Crippen molar-refractivity contribution in [3.63, 3.8) is 0 Å². The maximum atomic E-state index is 13.7. The quantitative estimate of drug-likeness (QED) is 0.722. The predicted octanol–water partition coefficient (Wildman–Crippen LogP) is 0.813. The number of nitrogens with one attached hydrogen (secondary N) is 1. The number of anilines is 1. The molecule has 0 aliphatic rings. The summed E-state index contributed by atoms with van der Waals surface area (Å²) >= 11 is 0. The number of hydrogen-bond donors (Lipinski definition) is 2. The number of fused-ring (bicyclic) bond motifs is 1. The van der Waals surface area contributed by atoms with Gasteiger partial charge in [0.05, 0.1) is 13.2 Å². The maximum absolute atomic E-state index is 13.7. The lowest BCUT2D eigenvalue weighted by atomic mass is 10.2. The van der Waals surface area contributed by atoms with Crippen LogP contribution in [-0.4, -0.2) is 43.2 Å².